The molecule has 0 saturated heterocycles. The highest BCUT2D eigenvalue weighted by Gasteiger charge is 2.08. The van der Waals surface area contributed by atoms with E-state index >= 15 is 0 Å². The fraction of sp³-hybridized carbons (Fsp3) is 0.125. The molecule has 6 heteroatoms. The summed E-state index contributed by atoms with van der Waals surface area (Å²) in [6.45, 7) is 0. The fourth-order valence-electron chi connectivity index (χ4n) is 2.15. The molecule has 0 amide bonds. The molecular weight excluding hydrogens is 286 g/mol. The lowest BCUT2D eigenvalue weighted by Crippen LogP contribution is -2.01. The smallest absolute Gasteiger partial charge is 0.161 e. The fourth-order valence-corrected chi connectivity index (χ4v) is 2.15. The Morgan fingerprint density at radius 1 is 1.05 bits per heavy atom. The molecule has 0 atom stereocenters. The highest BCUT2D eigenvalue weighted by molar-refractivity contribution is 5.74. The third kappa shape index (κ3) is 2.74. The summed E-state index contributed by atoms with van der Waals surface area (Å²) in [5, 5.41) is 9.02. The molecule has 0 aliphatic heterocycles. The summed E-state index contributed by atoms with van der Waals surface area (Å²) in [6.07, 6.45) is 4.18. The Morgan fingerprint density at radius 3 is 2.59 bits per heavy atom. The summed E-state index contributed by atoms with van der Waals surface area (Å²) < 4.78 is 26.4. The van der Waals surface area contributed by atoms with Crippen LogP contribution in [0.15, 0.2) is 36.7 Å². The Labute approximate surface area is 125 Å². The van der Waals surface area contributed by atoms with Gasteiger partial charge >= 0.3 is 0 Å². The lowest BCUT2D eigenvalue weighted by atomic mass is 10.1. The number of pyridine rings is 1. The zero-order valence-corrected chi connectivity index (χ0v) is 11.4. The van der Waals surface area contributed by atoms with Crippen molar-refractivity contribution in [2.45, 2.75) is 12.8 Å². The third-order valence-electron chi connectivity index (χ3n) is 3.26. The van der Waals surface area contributed by atoms with Gasteiger partial charge in [-0.15, -0.1) is 0 Å². The molecule has 2 heterocycles. The number of aromatic nitrogens is 3. The van der Waals surface area contributed by atoms with E-state index in [0.717, 1.165) is 12.1 Å². The lowest BCUT2D eigenvalue weighted by Gasteiger charge is -2.04. The van der Waals surface area contributed by atoms with E-state index in [0.29, 0.717) is 40.8 Å². The van der Waals surface area contributed by atoms with Crippen LogP contribution in [0.3, 0.4) is 0 Å². The molecule has 0 bridgehead atoms. The first-order valence-corrected chi connectivity index (χ1v) is 6.62. The molecule has 3 rings (SSSR count). The average Bonchev–Trinajstić information content (AvgIpc) is 2.54. The minimum absolute atomic E-state index is 0.304. The maximum absolute atomic E-state index is 13.2. The van der Waals surface area contributed by atoms with Crippen LogP contribution >= 0.6 is 0 Å². The first kappa shape index (κ1) is 14.0. The Kier molecular flexibility index (Phi) is 3.71. The number of rotatable bonds is 3. The van der Waals surface area contributed by atoms with Gasteiger partial charge in [-0.2, -0.15) is 5.26 Å². The van der Waals surface area contributed by atoms with Crippen LogP contribution in [0.5, 0.6) is 0 Å². The van der Waals surface area contributed by atoms with Crippen molar-refractivity contribution in [3.05, 3.63) is 65.2 Å². The highest BCUT2D eigenvalue weighted by Crippen LogP contribution is 2.16. The summed E-state index contributed by atoms with van der Waals surface area (Å²) in [5.41, 5.74) is 2.44. The Bertz CT molecular complexity index is 887. The molecule has 0 fully saturated rings. The van der Waals surface area contributed by atoms with Crippen molar-refractivity contribution < 1.29 is 8.78 Å². The predicted molar refractivity (Wildman–Crippen MR) is 75.8 cm³/mol. The number of hydrogen-bond donors (Lipinski definition) is 0. The van der Waals surface area contributed by atoms with Gasteiger partial charge in [-0.1, -0.05) is 0 Å². The number of hydrogen-bond acceptors (Lipinski definition) is 4. The first-order valence-electron chi connectivity index (χ1n) is 6.62. The standard InChI is InChI=1S/C16H10F2N4/c17-12-6-15-16(7-13(12)18)22-11(9-21-15)3-4-14-10(8-19)2-1-5-20-14/h1-2,5-7,9H,3-4H2. The molecule has 0 radical (unpaired) electrons. The Morgan fingerprint density at radius 2 is 1.82 bits per heavy atom. The molecule has 0 aliphatic rings. The minimum atomic E-state index is -0.949. The zero-order chi connectivity index (χ0) is 15.5. The number of nitrogens with zero attached hydrogens (tertiary/aromatic N) is 4. The largest absolute Gasteiger partial charge is 0.260 e. The minimum Gasteiger partial charge on any atom is -0.260 e. The van der Waals surface area contributed by atoms with Crippen LogP contribution in [0.25, 0.3) is 11.0 Å². The Hall–Kier alpha value is -2.94. The summed E-state index contributed by atoms with van der Waals surface area (Å²) in [7, 11) is 0. The summed E-state index contributed by atoms with van der Waals surface area (Å²) in [4.78, 5) is 12.5. The SMILES string of the molecule is N#Cc1cccnc1CCc1cnc2cc(F)c(F)cc2n1. The van der Waals surface area contributed by atoms with Crippen molar-refractivity contribution in [2.75, 3.05) is 0 Å². The second-order valence-electron chi connectivity index (χ2n) is 4.73. The van der Waals surface area contributed by atoms with Crippen molar-refractivity contribution in [1.29, 1.82) is 5.26 Å². The van der Waals surface area contributed by atoms with E-state index in [9.17, 15) is 8.78 Å². The van der Waals surface area contributed by atoms with E-state index in [4.69, 9.17) is 5.26 Å². The van der Waals surface area contributed by atoms with Gasteiger partial charge in [0.1, 0.15) is 6.07 Å². The second-order valence-corrected chi connectivity index (χ2v) is 4.73. The van der Waals surface area contributed by atoms with Gasteiger partial charge in [-0.3, -0.25) is 9.97 Å². The van der Waals surface area contributed by atoms with Gasteiger partial charge < -0.3 is 0 Å². The van der Waals surface area contributed by atoms with Crippen LogP contribution < -0.4 is 0 Å². The first-order chi connectivity index (χ1) is 10.7. The van der Waals surface area contributed by atoms with E-state index in [2.05, 4.69) is 21.0 Å². The number of fused-ring (bicyclic) bond motifs is 1. The van der Waals surface area contributed by atoms with Gasteiger partial charge in [0.2, 0.25) is 0 Å². The summed E-state index contributed by atoms with van der Waals surface area (Å²) >= 11 is 0. The second kappa shape index (κ2) is 5.82. The van der Waals surface area contributed by atoms with Crippen molar-refractivity contribution >= 4 is 11.0 Å². The average molecular weight is 296 g/mol. The van der Waals surface area contributed by atoms with Crippen LogP contribution in [0, 0.1) is 23.0 Å². The number of halogens is 2. The van der Waals surface area contributed by atoms with Gasteiger partial charge in [0.05, 0.1) is 28.0 Å². The highest BCUT2D eigenvalue weighted by atomic mass is 19.2. The van der Waals surface area contributed by atoms with Crippen LogP contribution in [-0.4, -0.2) is 15.0 Å². The van der Waals surface area contributed by atoms with Crippen LogP contribution in [0.1, 0.15) is 17.0 Å². The van der Waals surface area contributed by atoms with E-state index in [-0.39, 0.29) is 0 Å². The third-order valence-corrected chi connectivity index (χ3v) is 3.26. The van der Waals surface area contributed by atoms with Crippen molar-refractivity contribution in [2.24, 2.45) is 0 Å². The molecule has 1 aromatic carbocycles. The molecule has 0 aliphatic carbocycles. The van der Waals surface area contributed by atoms with E-state index < -0.39 is 11.6 Å². The van der Waals surface area contributed by atoms with Crippen LogP contribution in [0.4, 0.5) is 8.78 Å². The molecule has 2 aromatic heterocycles. The molecule has 0 spiro atoms. The quantitative estimate of drug-likeness (QED) is 0.745. The van der Waals surface area contributed by atoms with Crippen LogP contribution in [-0.2, 0) is 12.8 Å². The molecule has 0 saturated carbocycles. The summed E-state index contributed by atoms with van der Waals surface area (Å²) in [6, 6.07) is 7.54. The molecule has 22 heavy (non-hydrogen) atoms. The van der Waals surface area contributed by atoms with Gasteiger partial charge in [-0.05, 0) is 25.0 Å². The van der Waals surface area contributed by atoms with Gasteiger partial charge in [-0.25, -0.2) is 13.8 Å². The topological polar surface area (TPSA) is 62.5 Å². The molecule has 0 unspecified atom stereocenters. The van der Waals surface area contributed by atoms with Gasteiger partial charge in [0.25, 0.3) is 0 Å². The van der Waals surface area contributed by atoms with E-state index in [1.165, 1.54) is 6.20 Å². The molecular formula is C16H10F2N4. The maximum atomic E-state index is 13.2. The van der Waals surface area contributed by atoms with Gasteiger partial charge in [0.15, 0.2) is 11.6 Å². The van der Waals surface area contributed by atoms with E-state index in [1.54, 1.807) is 18.3 Å². The Balaban J connectivity index is 1.85. The number of nitriles is 1. The molecule has 0 N–H and O–H groups in total. The zero-order valence-electron chi connectivity index (χ0n) is 11.4. The number of aryl methyl sites for hydroxylation is 2. The maximum Gasteiger partial charge on any atom is 0.161 e. The van der Waals surface area contributed by atoms with Crippen molar-refractivity contribution in [1.82, 2.24) is 15.0 Å². The lowest BCUT2D eigenvalue weighted by molar-refractivity contribution is 0.510. The number of benzene rings is 1. The monoisotopic (exact) mass is 296 g/mol. The summed E-state index contributed by atoms with van der Waals surface area (Å²) in [5.74, 6) is -1.89. The van der Waals surface area contributed by atoms with Crippen molar-refractivity contribution in [3.63, 3.8) is 0 Å². The predicted octanol–water partition coefficient (Wildman–Crippen LogP) is 2.96. The van der Waals surface area contributed by atoms with Crippen molar-refractivity contribution in [3.8, 4) is 6.07 Å². The van der Waals surface area contributed by atoms with Gasteiger partial charge in [0, 0.05) is 24.5 Å². The normalized spacial score (nSPS) is 10.6. The van der Waals surface area contributed by atoms with E-state index in [1.807, 2.05) is 0 Å². The molecule has 4 nitrogen and oxygen atoms in total. The molecule has 108 valence electrons. The van der Waals surface area contributed by atoms with Crippen LogP contribution in [0.2, 0.25) is 0 Å². The molecule has 3 aromatic rings.